The first kappa shape index (κ1) is 23.9. The van der Waals surface area contributed by atoms with Crippen molar-refractivity contribution >= 4 is 11.8 Å². The molecule has 0 aliphatic rings. The fourth-order valence-corrected chi connectivity index (χ4v) is 3.23. The second-order valence-electron chi connectivity index (χ2n) is 7.55. The van der Waals surface area contributed by atoms with Gasteiger partial charge in [-0.3, -0.25) is 9.59 Å². The number of carboxylic acid groups (broad SMARTS) is 1. The molecule has 0 heterocycles. The van der Waals surface area contributed by atoms with Crippen LogP contribution in [0.15, 0.2) is 12.7 Å². The van der Waals surface area contributed by atoms with Gasteiger partial charge in [-0.05, 0) is 19.4 Å². The number of rotatable bonds is 18. The van der Waals surface area contributed by atoms with E-state index in [4.69, 9.17) is 0 Å². The molecule has 0 aliphatic heterocycles. The molecular formula is C22H40O3. The van der Waals surface area contributed by atoms with Crippen molar-refractivity contribution in [1.29, 1.82) is 0 Å². The number of hydrogen-bond acceptors (Lipinski definition) is 2. The molecule has 0 aromatic carbocycles. The van der Waals surface area contributed by atoms with E-state index in [-0.39, 0.29) is 5.78 Å². The molecule has 1 atom stereocenters. The minimum Gasteiger partial charge on any atom is -0.480 e. The van der Waals surface area contributed by atoms with Crippen molar-refractivity contribution in [2.75, 3.05) is 0 Å². The molecule has 0 aliphatic carbocycles. The highest BCUT2D eigenvalue weighted by Gasteiger charge is 2.38. The van der Waals surface area contributed by atoms with E-state index in [2.05, 4.69) is 13.5 Å². The van der Waals surface area contributed by atoms with Crippen LogP contribution in [-0.4, -0.2) is 16.9 Å². The highest BCUT2D eigenvalue weighted by molar-refractivity contribution is 6.07. The number of allylic oxidation sites excluding steroid dienone is 1. The molecule has 0 saturated heterocycles. The molecule has 0 bridgehead atoms. The molecule has 1 unspecified atom stereocenters. The van der Waals surface area contributed by atoms with Gasteiger partial charge >= 0.3 is 5.97 Å². The molecule has 25 heavy (non-hydrogen) atoms. The summed E-state index contributed by atoms with van der Waals surface area (Å²) in [5, 5.41) is 9.27. The molecule has 0 fully saturated rings. The van der Waals surface area contributed by atoms with Crippen LogP contribution in [0.3, 0.4) is 0 Å². The Kier molecular flexibility index (Phi) is 14.5. The summed E-state index contributed by atoms with van der Waals surface area (Å²) in [6.07, 6.45) is 19.3. The van der Waals surface area contributed by atoms with E-state index < -0.39 is 11.4 Å². The third-order valence-corrected chi connectivity index (χ3v) is 5.23. The predicted octanol–water partition coefficient (Wildman–Crippen LogP) is 6.70. The van der Waals surface area contributed by atoms with Crippen LogP contribution in [0.4, 0.5) is 0 Å². The van der Waals surface area contributed by atoms with E-state index >= 15 is 0 Å². The van der Waals surface area contributed by atoms with Gasteiger partial charge in [0.1, 0.15) is 5.41 Å². The fourth-order valence-electron chi connectivity index (χ4n) is 3.23. The van der Waals surface area contributed by atoms with Crippen LogP contribution in [0.1, 0.15) is 110 Å². The summed E-state index contributed by atoms with van der Waals surface area (Å²) in [5.74, 6) is -1.42. The van der Waals surface area contributed by atoms with Crippen molar-refractivity contribution in [2.45, 2.75) is 110 Å². The van der Waals surface area contributed by atoms with Gasteiger partial charge in [-0.15, -0.1) is 0 Å². The zero-order valence-electron chi connectivity index (χ0n) is 16.7. The Hall–Kier alpha value is -1.12. The first-order valence-electron chi connectivity index (χ1n) is 10.4. The van der Waals surface area contributed by atoms with Crippen molar-refractivity contribution < 1.29 is 14.7 Å². The summed E-state index contributed by atoms with van der Waals surface area (Å²) in [7, 11) is 0. The summed E-state index contributed by atoms with van der Waals surface area (Å²) >= 11 is 0. The van der Waals surface area contributed by atoms with Crippen LogP contribution >= 0.6 is 0 Å². The Morgan fingerprint density at radius 2 is 1.16 bits per heavy atom. The monoisotopic (exact) mass is 352 g/mol. The Morgan fingerprint density at radius 3 is 1.48 bits per heavy atom. The number of aliphatic carboxylic acids is 1. The summed E-state index contributed by atoms with van der Waals surface area (Å²) in [4.78, 5) is 23.1. The number of hydrogen-bond donors (Lipinski definition) is 1. The summed E-state index contributed by atoms with van der Waals surface area (Å²) < 4.78 is 0. The highest BCUT2D eigenvalue weighted by Crippen LogP contribution is 2.27. The third-order valence-electron chi connectivity index (χ3n) is 5.23. The second-order valence-corrected chi connectivity index (χ2v) is 7.55. The molecular weight excluding hydrogens is 312 g/mol. The van der Waals surface area contributed by atoms with Crippen LogP contribution in [0.2, 0.25) is 0 Å². The summed E-state index contributed by atoms with van der Waals surface area (Å²) in [6.45, 7) is 7.19. The van der Waals surface area contributed by atoms with Gasteiger partial charge in [-0.1, -0.05) is 103 Å². The minimum absolute atomic E-state index is 0.380. The van der Waals surface area contributed by atoms with Gasteiger partial charge in [0.15, 0.2) is 5.78 Å². The van der Waals surface area contributed by atoms with E-state index in [9.17, 15) is 14.7 Å². The van der Waals surface area contributed by atoms with Crippen LogP contribution in [0.5, 0.6) is 0 Å². The van der Waals surface area contributed by atoms with Gasteiger partial charge in [-0.2, -0.15) is 0 Å². The summed E-state index contributed by atoms with van der Waals surface area (Å²) in [6, 6.07) is 0. The lowest BCUT2D eigenvalue weighted by atomic mass is 9.80. The van der Waals surface area contributed by atoms with E-state index in [1.165, 1.54) is 77.6 Å². The predicted molar refractivity (Wildman–Crippen MR) is 106 cm³/mol. The molecule has 1 N–H and O–H groups in total. The smallest absolute Gasteiger partial charge is 0.317 e. The van der Waals surface area contributed by atoms with E-state index in [0.29, 0.717) is 6.42 Å². The van der Waals surface area contributed by atoms with Crippen LogP contribution in [0.25, 0.3) is 0 Å². The van der Waals surface area contributed by atoms with Crippen molar-refractivity contribution in [1.82, 2.24) is 0 Å². The standard InChI is InChI=1S/C22H40O3/c1-4-6-7-8-9-10-11-12-13-14-15-16-17-18-19-22(3,21(24)25)20(23)5-2/h5H,2,4,6-19H2,1,3H3,(H,24,25). The van der Waals surface area contributed by atoms with Gasteiger partial charge in [0.2, 0.25) is 0 Å². The Labute approximate surface area is 155 Å². The van der Waals surface area contributed by atoms with Gasteiger partial charge in [-0.25, -0.2) is 0 Å². The van der Waals surface area contributed by atoms with Crippen molar-refractivity contribution in [3.63, 3.8) is 0 Å². The Balaban J connectivity index is 3.51. The largest absolute Gasteiger partial charge is 0.480 e. The highest BCUT2D eigenvalue weighted by atomic mass is 16.4. The topological polar surface area (TPSA) is 54.4 Å². The Morgan fingerprint density at radius 1 is 0.800 bits per heavy atom. The quantitative estimate of drug-likeness (QED) is 0.169. The lowest BCUT2D eigenvalue weighted by Gasteiger charge is -2.21. The molecule has 0 amide bonds. The zero-order valence-corrected chi connectivity index (χ0v) is 16.7. The fraction of sp³-hybridized carbons (Fsp3) is 0.818. The van der Waals surface area contributed by atoms with Crippen molar-refractivity contribution in [3.05, 3.63) is 12.7 Å². The van der Waals surface area contributed by atoms with E-state index in [1.807, 2.05) is 0 Å². The van der Waals surface area contributed by atoms with Crippen LogP contribution < -0.4 is 0 Å². The summed E-state index contributed by atoms with van der Waals surface area (Å²) in [5.41, 5.74) is -1.29. The van der Waals surface area contributed by atoms with Gasteiger partial charge in [0, 0.05) is 0 Å². The maximum atomic E-state index is 11.7. The third kappa shape index (κ3) is 11.2. The second kappa shape index (κ2) is 15.2. The number of unbranched alkanes of at least 4 members (excludes halogenated alkanes) is 13. The van der Waals surface area contributed by atoms with Gasteiger partial charge in [0.25, 0.3) is 0 Å². The molecule has 146 valence electrons. The molecule has 0 saturated carbocycles. The number of carbonyl (C=O) groups excluding carboxylic acids is 1. The molecule has 0 rings (SSSR count). The molecule has 3 heteroatoms. The lowest BCUT2D eigenvalue weighted by molar-refractivity contribution is -0.152. The van der Waals surface area contributed by atoms with E-state index in [0.717, 1.165) is 25.3 Å². The SMILES string of the molecule is C=CC(=O)C(C)(CCCCCCCCCCCCCCCC)C(=O)O. The van der Waals surface area contributed by atoms with Crippen molar-refractivity contribution in [3.8, 4) is 0 Å². The Bertz CT molecular complexity index is 375. The number of carboxylic acids is 1. The average Bonchev–Trinajstić information content (AvgIpc) is 2.60. The van der Waals surface area contributed by atoms with Crippen LogP contribution in [-0.2, 0) is 9.59 Å². The lowest BCUT2D eigenvalue weighted by Crippen LogP contribution is -2.35. The molecule has 0 aromatic heterocycles. The zero-order chi connectivity index (χ0) is 19.0. The number of carbonyl (C=O) groups is 2. The van der Waals surface area contributed by atoms with Gasteiger partial charge in [0.05, 0.1) is 0 Å². The molecule has 0 spiro atoms. The maximum Gasteiger partial charge on any atom is 0.317 e. The van der Waals surface area contributed by atoms with Crippen molar-refractivity contribution in [2.24, 2.45) is 5.41 Å². The molecule has 0 aromatic rings. The average molecular weight is 353 g/mol. The van der Waals surface area contributed by atoms with E-state index in [1.54, 1.807) is 0 Å². The first-order valence-corrected chi connectivity index (χ1v) is 10.4. The first-order chi connectivity index (χ1) is 12.0. The normalized spacial score (nSPS) is 13.4. The molecule has 3 nitrogen and oxygen atoms in total. The van der Waals surface area contributed by atoms with Crippen LogP contribution in [0, 0.1) is 5.41 Å². The minimum atomic E-state index is -1.29. The molecule has 0 radical (unpaired) electrons. The number of ketones is 1. The maximum absolute atomic E-state index is 11.7. The van der Waals surface area contributed by atoms with Gasteiger partial charge < -0.3 is 5.11 Å².